The third-order valence-corrected chi connectivity index (χ3v) is 2.61. The molecule has 0 aromatic heterocycles. The van der Waals surface area contributed by atoms with Gasteiger partial charge in [-0.05, 0) is 23.8 Å². The molecule has 0 radical (unpaired) electrons. The van der Waals surface area contributed by atoms with E-state index in [4.69, 9.17) is 5.11 Å². The second-order valence-electron chi connectivity index (χ2n) is 2.97. The highest BCUT2D eigenvalue weighted by atomic mass is 32.2. The van der Waals surface area contributed by atoms with Crippen molar-refractivity contribution >= 4 is 17.7 Å². The van der Waals surface area contributed by atoms with Crippen LogP contribution in [0.15, 0.2) is 0 Å². The minimum absolute atomic E-state index is 0.311. The smallest absolute Gasteiger partial charge is 0.303 e. The van der Waals surface area contributed by atoms with Gasteiger partial charge in [0.2, 0.25) is 0 Å². The Bertz CT molecular complexity index is 113. The van der Waals surface area contributed by atoms with Crippen LogP contribution in [0.25, 0.3) is 0 Å². The van der Waals surface area contributed by atoms with E-state index in [1.54, 1.807) is 0 Å². The molecule has 0 amide bonds. The molecule has 0 unspecified atom stereocenters. The summed E-state index contributed by atoms with van der Waals surface area (Å²) in [6, 6.07) is 0. The highest BCUT2D eigenvalue weighted by molar-refractivity contribution is 7.99. The molecule has 0 aliphatic heterocycles. The highest BCUT2D eigenvalue weighted by Crippen LogP contribution is 2.09. The number of carboxylic acids is 1. The maximum Gasteiger partial charge on any atom is 0.303 e. The number of hydrogen-bond donors (Lipinski definition) is 1. The van der Waals surface area contributed by atoms with Crippen molar-refractivity contribution in [3.63, 3.8) is 0 Å². The second-order valence-corrected chi connectivity index (χ2v) is 4.12. The predicted molar refractivity (Wildman–Crippen MR) is 49.0 cm³/mol. The van der Waals surface area contributed by atoms with Gasteiger partial charge in [0.05, 0.1) is 0 Å². The second kappa shape index (κ2) is 6.53. The zero-order valence-corrected chi connectivity index (χ0v) is 7.99. The average Bonchev–Trinajstić information content (AvgIpc) is 1.85. The lowest BCUT2D eigenvalue weighted by Crippen LogP contribution is -1.97. The van der Waals surface area contributed by atoms with E-state index >= 15 is 0 Å². The molecule has 0 heterocycles. The molecule has 0 spiro atoms. The van der Waals surface area contributed by atoms with E-state index in [0.717, 1.165) is 17.9 Å². The zero-order valence-electron chi connectivity index (χ0n) is 7.17. The van der Waals surface area contributed by atoms with Gasteiger partial charge in [-0.2, -0.15) is 11.8 Å². The van der Waals surface area contributed by atoms with E-state index in [1.165, 1.54) is 0 Å². The van der Waals surface area contributed by atoms with Crippen molar-refractivity contribution < 1.29 is 9.90 Å². The minimum atomic E-state index is -0.685. The lowest BCUT2D eigenvalue weighted by molar-refractivity contribution is -0.137. The zero-order chi connectivity index (χ0) is 8.69. The molecule has 66 valence electrons. The standard InChI is InChI=1S/C8H16O2S/c1-7(2)6-11-5-3-4-8(9)10/h7H,3-6H2,1-2H3,(H,9,10). The Morgan fingerprint density at radius 1 is 1.55 bits per heavy atom. The molecule has 0 saturated carbocycles. The lowest BCUT2D eigenvalue weighted by Gasteiger charge is -2.02. The fourth-order valence-electron chi connectivity index (χ4n) is 0.644. The summed E-state index contributed by atoms with van der Waals surface area (Å²) in [7, 11) is 0. The molecule has 1 N–H and O–H groups in total. The molecule has 0 atom stereocenters. The van der Waals surface area contributed by atoms with Crippen molar-refractivity contribution in [2.45, 2.75) is 26.7 Å². The van der Waals surface area contributed by atoms with E-state index in [1.807, 2.05) is 11.8 Å². The van der Waals surface area contributed by atoms with Crippen LogP contribution in [0.4, 0.5) is 0 Å². The third-order valence-electron chi connectivity index (χ3n) is 1.13. The number of aliphatic carboxylic acids is 1. The molecular weight excluding hydrogens is 160 g/mol. The van der Waals surface area contributed by atoms with E-state index in [-0.39, 0.29) is 0 Å². The summed E-state index contributed by atoms with van der Waals surface area (Å²) in [5, 5.41) is 8.31. The normalized spacial score (nSPS) is 10.5. The Balaban J connectivity index is 2.97. The number of thioether (sulfide) groups is 1. The van der Waals surface area contributed by atoms with Crippen molar-refractivity contribution in [3.05, 3.63) is 0 Å². The first kappa shape index (κ1) is 10.8. The maximum absolute atomic E-state index is 10.1. The molecule has 0 bridgehead atoms. The summed E-state index contributed by atoms with van der Waals surface area (Å²) in [5.41, 5.74) is 0. The van der Waals surface area contributed by atoms with Gasteiger partial charge in [0.15, 0.2) is 0 Å². The van der Waals surface area contributed by atoms with Gasteiger partial charge in [0, 0.05) is 6.42 Å². The van der Waals surface area contributed by atoms with Crippen LogP contribution in [-0.2, 0) is 4.79 Å². The van der Waals surface area contributed by atoms with Crippen LogP contribution < -0.4 is 0 Å². The van der Waals surface area contributed by atoms with E-state index in [0.29, 0.717) is 12.3 Å². The molecule has 0 fully saturated rings. The van der Waals surface area contributed by atoms with Crippen LogP contribution in [0.3, 0.4) is 0 Å². The summed E-state index contributed by atoms with van der Waals surface area (Å²) in [5.74, 6) is 2.14. The van der Waals surface area contributed by atoms with Gasteiger partial charge in [0.25, 0.3) is 0 Å². The van der Waals surface area contributed by atoms with E-state index in [2.05, 4.69) is 13.8 Å². The van der Waals surface area contributed by atoms with E-state index in [9.17, 15) is 4.79 Å². The molecule has 0 aromatic rings. The number of rotatable bonds is 6. The molecule has 0 rings (SSSR count). The Morgan fingerprint density at radius 2 is 2.18 bits per heavy atom. The van der Waals surface area contributed by atoms with Crippen molar-refractivity contribution in [2.24, 2.45) is 5.92 Å². The van der Waals surface area contributed by atoms with Crippen LogP contribution in [0, 0.1) is 5.92 Å². The largest absolute Gasteiger partial charge is 0.481 e. The van der Waals surface area contributed by atoms with E-state index < -0.39 is 5.97 Å². The maximum atomic E-state index is 10.1. The quantitative estimate of drug-likeness (QED) is 0.631. The Labute approximate surface area is 72.4 Å². The fourth-order valence-corrected chi connectivity index (χ4v) is 1.63. The van der Waals surface area contributed by atoms with Crippen molar-refractivity contribution in [1.82, 2.24) is 0 Å². The molecule has 0 aliphatic rings. The average molecular weight is 176 g/mol. The molecule has 0 aliphatic carbocycles. The first-order valence-electron chi connectivity index (χ1n) is 3.92. The fraction of sp³-hybridized carbons (Fsp3) is 0.875. The van der Waals surface area contributed by atoms with Crippen LogP contribution in [0.1, 0.15) is 26.7 Å². The van der Waals surface area contributed by atoms with Gasteiger partial charge >= 0.3 is 5.97 Å². The van der Waals surface area contributed by atoms with Crippen molar-refractivity contribution in [1.29, 1.82) is 0 Å². The summed E-state index contributed by atoms with van der Waals surface area (Å²) in [6.07, 6.45) is 1.11. The predicted octanol–water partition coefficient (Wildman–Crippen LogP) is 2.24. The van der Waals surface area contributed by atoms with Crippen LogP contribution in [0.5, 0.6) is 0 Å². The molecule has 0 saturated heterocycles. The first-order valence-corrected chi connectivity index (χ1v) is 5.08. The topological polar surface area (TPSA) is 37.3 Å². The summed E-state index contributed by atoms with van der Waals surface area (Å²) < 4.78 is 0. The van der Waals surface area contributed by atoms with Gasteiger partial charge in [-0.3, -0.25) is 4.79 Å². The first-order chi connectivity index (χ1) is 5.13. The Kier molecular flexibility index (Phi) is 6.42. The summed E-state index contributed by atoms with van der Waals surface area (Å²) in [4.78, 5) is 10.1. The van der Waals surface area contributed by atoms with Crippen molar-refractivity contribution in [2.75, 3.05) is 11.5 Å². The number of hydrogen-bond acceptors (Lipinski definition) is 2. The summed E-state index contributed by atoms with van der Waals surface area (Å²) in [6.45, 7) is 4.34. The van der Waals surface area contributed by atoms with Crippen molar-refractivity contribution in [3.8, 4) is 0 Å². The lowest BCUT2D eigenvalue weighted by atomic mass is 10.3. The van der Waals surface area contributed by atoms with Gasteiger partial charge in [-0.15, -0.1) is 0 Å². The Hall–Kier alpha value is -0.180. The molecule has 2 nitrogen and oxygen atoms in total. The monoisotopic (exact) mass is 176 g/mol. The number of carboxylic acid groups (broad SMARTS) is 1. The molecular formula is C8H16O2S. The summed E-state index contributed by atoms with van der Waals surface area (Å²) >= 11 is 1.84. The van der Waals surface area contributed by atoms with Gasteiger partial charge in [0.1, 0.15) is 0 Å². The Morgan fingerprint density at radius 3 is 2.64 bits per heavy atom. The third kappa shape index (κ3) is 9.82. The SMILES string of the molecule is CC(C)CSCCCC(=O)O. The van der Waals surface area contributed by atoms with Gasteiger partial charge < -0.3 is 5.11 Å². The molecule has 3 heteroatoms. The number of carbonyl (C=O) groups is 1. The highest BCUT2D eigenvalue weighted by Gasteiger charge is 1.97. The molecule has 0 aromatic carbocycles. The van der Waals surface area contributed by atoms with Crippen LogP contribution in [0.2, 0.25) is 0 Å². The van der Waals surface area contributed by atoms with Gasteiger partial charge in [-0.1, -0.05) is 13.8 Å². The minimum Gasteiger partial charge on any atom is -0.481 e. The van der Waals surface area contributed by atoms with Gasteiger partial charge in [-0.25, -0.2) is 0 Å². The van der Waals surface area contributed by atoms with Crippen LogP contribution >= 0.6 is 11.8 Å². The molecule has 11 heavy (non-hydrogen) atoms. The van der Waals surface area contributed by atoms with Crippen LogP contribution in [-0.4, -0.2) is 22.6 Å².